The molecule has 1 aliphatic heterocycles. The number of thioether (sulfide) groups is 1. The van der Waals surface area contributed by atoms with Gasteiger partial charge < -0.3 is 15.2 Å². The van der Waals surface area contributed by atoms with Gasteiger partial charge in [-0.05, 0) is 19.1 Å². The molecule has 0 aromatic heterocycles. The van der Waals surface area contributed by atoms with Gasteiger partial charge in [0.05, 0.1) is 12.3 Å². The van der Waals surface area contributed by atoms with Crippen LogP contribution < -0.4 is 5.32 Å². The summed E-state index contributed by atoms with van der Waals surface area (Å²) in [7, 11) is 0. The first-order chi connectivity index (χ1) is 7.72. The molecular formula is C11H11NO3S. The highest BCUT2D eigenvalue weighted by Gasteiger charge is 2.25. The van der Waals surface area contributed by atoms with Crippen LogP contribution in [0.2, 0.25) is 0 Å². The van der Waals surface area contributed by atoms with Gasteiger partial charge in [-0.2, -0.15) is 0 Å². The zero-order chi connectivity index (χ0) is 11.5. The number of aliphatic hydroxyl groups is 1. The van der Waals surface area contributed by atoms with E-state index >= 15 is 0 Å². The number of carbonyl (C=O) groups is 1. The van der Waals surface area contributed by atoms with Gasteiger partial charge in [0, 0.05) is 4.90 Å². The van der Waals surface area contributed by atoms with E-state index in [0.717, 1.165) is 10.6 Å². The topological polar surface area (TPSA) is 58.6 Å². The molecule has 0 unspecified atom stereocenters. The minimum absolute atomic E-state index is 0.195. The highest BCUT2D eigenvalue weighted by Crippen LogP contribution is 2.38. The lowest BCUT2D eigenvalue weighted by molar-refractivity contribution is -0.112. The molecule has 1 aromatic carbocycles. The Morgan fingerprint density at radius 3 is 3.00 bits per heavy atom. The van der Waals surface area contributed by atoms with Crippen molar-refractivity contribution < 1.29 is 14.6 Å². The van der Waals surface area contributed by atoms with Crippen LogP contribution >= 0.6 is 11.8 Å². The van der Waals surface area contributed by atoms with E-state index in [4.69, 9.17) is 4.74 Å². The lowest BCUT2D eigenvalue weighted by Crippen LogP contribution is -2.19. The van der Waals surface area contributed by atoms with E-state index in [1.165, 1.54) is 11.8 Å². The second-order valence-corrected chi connectivity index (χ2v) is 4.17. The van der Waals surface area contributed by atoms with Crippen molar-refractivity contribution in [2.45, 2.75) is 11.8 Å². The number of para-hydroxylation sites is 1. The Morgan fingerprint density at radius 2 is 2.25 bits per heavy atom. The second kappa shape index (κ2) is 4.49. The molecule has 2 rings (SSSR count). The van der Waals surface area contributed by atoms with Crippen molar-refractivity contribution in [1.82, 2.24) is 0 Å². The Kier molecular flexibility index (Phi) is 3.05. The fourth-order valence-corrected chi connectivity index (χ4v) is 2.22. The van der Waals surface area contributed by atoms with Gasteiger partial charge >= 0.3 is 0 Å². The smallest absolute Gasteiger partial charge is 0.297 e. The molecular weight excluding hydrogens is 226 g/mol. The van der Waals surface area contributed by atoms with Crippen molar-refractivity contribution >= 4 is 23.4 Å². The van der Waals surface area contributed by atoms with E-state index in [9.17, 15) is 9.90 Å². The molecule has 0 atom stereocenters. The van der Waals surface area contributed by atoms with Gasteiger partial charge in [0.25, 0.3) is 11.9 Å². The van der Waals surface area contributed by atoms with E-state index in [2.05, 4.69) is 5.32 Å². The first-order valence-electron chi connectivity index (χ1n) is 4.86. The largest absolute Gasteiger partial charge is 0.480 e. The minimum Gasteiger partial charge on any atom is -0.480 e. The number of anilines is 1. The lowest BCUT2D eigenvalue weighted by Gasteiger charge is -2.18. The summed E-state index contributed by atoms with van der Waals surface area (Å²) in [5.74, 6) is -0.658. The number of rotatable bonds is 2. The molecule has 0 saturated carbocycles. The molecule has 0 aliphatic carbocycles. The van der Waals surface area contributed by atoms with Gasteiger partial charge in [0.1, 0.15) is 0 Å². The molecule has 5 heteroatoms. The third-order valence-corrected chi connectivity index (χ3v) is 3.17. The van der Waals surface area contributed by atoms with Gasteiger partial charge in [0.15, 0.2) is 4.91 Å². The normalized spacial score (nSPS) is 17.4. The van der Waals surface area contributed by atoms with Gasteiger partial charge in [-0.1, -0.05) is 23.9 Å². The molecule has 0 bridgehead atoms. The van der Waals surface area contributed by atoms with E-state index in [1.807, 2.05) is 24.3 Å². The number of nitrogens with one attached hydrogen (secondary N) is 1. The number of hydrogen-bond donors (Lipinski definition) is 2. The van der Waals surface area contributed by atoms with Crippen LogP contribution in [0.1, 0.15) is 6.92 Å². The Bertz CT molecular complexity index is 456. The molecule has 0 saturated heterocycles. The number of hydrogen-bond acceptors (Lipinski definition) is 4. The first kappa shape index (κ1) is 10.9. The van der Waals surface area contributed by atoms with Crippen molar-refractivity contribution in [1.29, 1.82) is 0 Å². The summed E-state index contributed by atoms with van der Waals surface area (Å²) in [5, 5.41) is 12.2. The third kappa shape index (κ3) is 1.99. The molecule has 84 valence electrons. The van der Waals surface area contributed by atoms with Crippen LogP contribution in [0.5, 0.6) is 0 Å². The summed E-state index contributed by atoms with van der Waals surface area (Å²) in [4.78, 5) is 12.7. The van der Waals surface area contributed by atoms with Crippen LogP contribution in [0.25, 0.3) is 0 Å². The van der Waals surface area contributed by atoms with E-state index in [-0.39, 0.29) is 16.8 Å². The highest BCUT2D eigenvalue weighted by atomic mass is 32.2. The van der Waals surface area contributed by atoms with Crippen LogP contribution in [0.3, 0.4) is 0 Å². The minimum atomic E-state index is -0.338. The zero-order valence-electron chi connectivity index (χ0n) is 8.69. The summed E-state index contributed by atoms with van der Waals surface area (Å²) >= 11 is 1.21. The average molecular weight is 237 g/mol. The van der Waals surface area contributed by atoms with Crippen molar-refractivity contribution in [3.8, 4) is 0 Å². The van der Waals surface area contributed by atoms with Crippen LogP contribution in [0.4, 0.5) is 5.69 Å². The van der Waals surface area contributed by atoms with Crippen LogP contribution in [-0.2, 0) is 9.53 Å². The number of amides is 1. The summed E-state index contributed by atoms with van der Waals surface area (Å²) < 4.78 is 4.92. The lowest BCUT2D eigenvalue weighted by atomic mass is 10.3. The Labute approximate surface area is 97.3 Å². The molecule has 4 nitrogen and oxygen atoms in total. The number of fused-ring (bicyclic) bond motifs is 1. The summed E-state index contributed by atoms with van der Waals surface area (Å²) in [6, 6.07) is 7.41. The number of carbonyl (C=O) groups excluding carboxylic acids is 1. The number of ether oxygens (including phenoxy) is 1. The molecule has 16 heavy (non-hydrogen) atoms. The zero-order valence-corrected chi connectivity index (χ0v) is 9.50. The molecule has 0 radical (unpaired) electrons. The summed E-state index contributed by atoms with van der Waals surface area (Å²) in [6.07, 6.45) is 0. The number of aliphatic hydroxyl groups excluding tert-OH is 1. The van der Waals surface area contributed by atoms with Gasteiger partial charge in [-0.3, -0.25) is 4.79 Å². The maximum Gasteiger partial charge on any atom is 0.297 e. The standard InChI is InChI=1S/C11H11NO3S/c1-2-15-11(14)9-10(13)12-7-5-3-4-6-8(7)16-9/h3-6,14H,2H2,1H3,(H,12,13)/b11-9+. The van der Waals surface area contributed by atoms with Gasteiger partial charge in [0.2, 0.25) is 0 Å². The van der Waals surface area contributed by atoms with Crippen molar-refractivity contribution in [3.05, 3.63) is 35.1 Å². The molecule has 0 spiro atoms. The van der Waals surface area contributed by atoms with Crippen molar-refractivity contribution in [3.63, 3.8) is 0 Å². The van der Waals surface area contributed by atoms with E-state index in [0.29, 0.717) is 6.61 Å². The fourth-order valence-electron chi connectivity index (χ4n) is 1.34. The Hall–Kier alpha value is -1.62. The van der Waals surface area contributed by atoms with Gasteiger partial charge in [-0.25, -0.2) is 0 Å². The molecule has 1 heterocycles. The van der Waals surface area contributed by atoms with Crippen LogP contribution in [0, 0.1) is 0 Å². The molecule has 1 aliphatic rings. The highest BCUT2D eigenvalue weighted by molar-refractivity contribution is 8.04. The van der Waals surface area contributed by atoms with E-state index < -0.39 is 0 Å². The Morgan fingerprint density at radius 1 is 1.50 bits per heavy atom. The predicted octanol–water partition coefficient (Wildman–Crippen LogP) is 2.49. The maximum absolute atomic E-state index is 11.6. The van der Waals surface area contributed by atoms with Crippen molar-refractivity contribution in [2.75, 3.05) is 11.9 Å². The SMILES string of the molecule is CCO/C(O)=C1/Sc2ccccc2NC1=O. The third-order valence-electron chi connectivity index (χ3n) is 2.03. The Balaban J connectivity index is 2.35. The van der Waals surface area contributed by atoms with Crippen LogP contribution in [0.15, 0.2) is 40.0 Å². The average Bonchev–Trinajstić information content (AvgIpc) is 2.28. The molecule has 1 aromatic rings. The summed E-state index contributed by atoms with van der Waals surface area (Å²) in [5.41, 5.74) is 0.755. The molecule has 2 N–H and O–H groups in total. The quantitative estimate of drug-likeness (QED) is 0.613. The van der Waals surface area contributed by atoms with Crippen LogP contribution in [-0.4, -0.2) is 17.6 Å². The fraction of sp³-hybridized carbons (Fsp3) is 0.182. The monoisotopic (exact) mass is 237 g/mol. The van der Waals surface area contributed by atoms with Crippen molar-refractivity contribution in [2.24, 2.45) is 0 Å². The second-order valence-electron chi connectivity index (χ2n) is 3.12. The molecule has 0 fully saturated rings. The first-order valence-corrected chi connectivity index (χ1v) is 5.68. The number of benzene rings is 1. The maximum atomic E-state index is 11.6. The van der Waals surface area contributed by atoms with E-state index in [1.54, 1.807) is 6.92 Å². The predicted molar refractivity (Wildman–Crippen MR) is 62.2 cm³/mol. The van der Waals surface area contributed by atoms with Gasteiger partial charge in [-0.15, -0.1) is 0 Å². The summed E-state index contributed by atoms with van der Waals surface area (Å²) in [6.45, 7) is 2.07. The molecule has 1 amide bonds.